The van der Waals surface area contributed by atoms with Crippen LogP contribution in [0.2, 0.25) is 0 Å². The number of hydrogen-bond acceptors (Lipinski definition) is 3. The molecule has 6 heteroatoms. The third kappa shape index (κ3) is 4.68. The molecule has 0 heterocycles. The maximum absolute atomic E-state index is 12.0. The third-order valence-electron chi connectivity index (χ3n) is 3.59. The predicted octanol–water partition coefficient (Wildman–Crippen LogP) is 2.84. The van der Waals surface area contributed by atoms with E-state index in [9.17, 15) is 13.2 Å². The molecule has 2 N–H and O–H groups in total. The Morgan fingerprint density at radius 1 is 1.20 bits per heavy atom. The SMILES string of the molecule is OCCC1(CNCc2ccc(OC(F)(F)F)cc2)CC1. The summed E-state index contributed by atoms with van der Waals surface area (Å²) in [6.07, 6.45) is -1.60. The first-order valence-electron chi connectivity index (χ1n) is 6.59. The number of alkyl halides is 3. The molecule has 2 rings (SSSR count). The first-order chi connectivity index (χ1) is 9.42. The van der Waals surface area contributed by atoms with E-state index >= 15 is 0 Å². The Kier molecular flexibility index (Phi) is 4.55. The highest BCUT2D eigenvalue weighted by Gasteiger charge is 2.41. The fourth-order valence-electron chi connectivity index (χ4n) is 2.21. The van der Waals surface area contributed by atoms with Crippen LogP contribution < -0.4 is 10.1 Å². The van der Waals surface area contributed by atoms with E-state index in [2.05, 4.69) is 10.1 Å². The molecular weight excluding hydrogens is 271 g/mol. The van der Waals surface area contributed by atoms with Crippen LogP contribution in [0.3, 0.4) is 0 Å². The zero-order valence-electron chi connectivity index (χ0n) is 11.0. The minimum absolute atomic E-state index is 0.200. The van der Waals surface area contributed by atoms with Gasteiger partial charge in [-0.3, -0.25) is 0 Å². The normalized spacial score (nSPS) is 17.0. The van der Waals surface area contributed by atoms with E-state index in [0.29, 0.717) is 6.54 Å². The standard InChI is InChI=1S/C14H18F3NO2/c15-14(16,17)20-12-3-1-11(2-4-12)9-18-10-13(5-6-13)7-8-19/h1-4,18-19H,5-10H2. The summed E-state index contributed by atoms with van der Waals surface area (Å²) >= 11 is 0. The number of rotatable bonds is 7. The number of ether oxygens (including phenoxy) is 1. The van der Waals surface area contributed by atoms with Crippen LogP contribution in [0.5, 0.6) is 5.75 Å². The molecule has 0 unspecified atom stereocenters. The van der Waals surface area contributed by atoms with Crippen molar-refractivity contribution in [1.82, 2.24) is 5.32 Å². The van der Waals surface area contributed by atoms with Crippen molar-refractivity contribution < 1.29 is 23.0 Å². The summed E-state index contributed by atoms with van der Waals surface area (Å²) in [6.45, 7) is 1.62. The monoisotopic (exact) mass is 289 g/mol. The lowest BCUT2D eigenvalue weighted by molar-refractivity contribution is -0.274. The Morgan fingerprint density at radius 3 is 2.35 bits per heavy atom. The Hall–Kier alpha value is -1.27. The molecule has 0 aromatic heterocycles. The Morgan fingerprint density at radius 2 is 1.85 bits per heavy atom. The quantitative estimate of drug-likeness (QED) is 0.811. The third-order valence-corrected chi connectivity index (χ3v) is 3.59. The zero-order valence-corrected chi connectivity index (χ0v) is 11.0. The lowest BCUT2D eigenvalue weighted by Gasteiger charge is -2.14. The van der Waals surface area contributed by atoms with Crippen molar-refractivity contribution in [3.8, 4) is 5.75 Å². The summed E-state index contributed by atoms with van der Waals surface area (Å²) < 4.78 is 39.8. The van der Waals surface area contributed by atoms with Gasteiger partial charge in [0, 0.05) is 19.7 Å². The molecule has 0 atom stereocenters. The topological polar surface area (TPSA) is 41.5 Å². The van der Waals surface area contributed by atoms with Gasteiger partial charge in [0.25, 0.3) is 0 Å². The molecule has 1 aliphatic rings. The van der Waals surface area contributed by atoms with E-state index in [1.165, 1.54) is 12.1 Å². The fourth-order valence-corrected chi connectivity index (χ4v) is 2.21. The highest BCUT2D eigenvalue weighted by Crippen LogP contribution is 2.47. The highest BCUT2D eigenvalue weighted by molar-refractivity contribution is 5.27. The molecule has 1 fully saturated rings. The number of hydrogen-bond donors (Lipinski definition) is 2. The van der Waals surface area contributed by atoms with Crippen LogP contribution in [0, 0.1) is 5.41 Å². The number of benzene rings is 1. The van der Waals surface area contributed by atoms with Gasteiger partial charge in [-0.2, -0.15) is 0 Å². The lowest BCUT2D eigenvalue weighted by atomic mass is 10.0. The molecule has 1 saturated carbocycles. The molecule has 0 amide bonds. The second-order valence-electron chi connectivity index (χ2n) is 5.27. The van der Waals surface area contributed by atoms with E-state index in [1.54, 1.807) is 12.1 Å². The minimum Gasteiger partial charge on any atom is -0.406 e. The van der Waals surface area contributed by atoms with Crippen LogP contribution in [-0.2, 0) is 6.54 Å². The van der Waals surface area contributed by atoms with E-state index < -0.39 is 6.36 Å². The zero-order chi connectivity index (χ0) is 14.6. The molecule has 20 heavy (non-hydrogen) atoms. The van der Waals surface area contributed by atoms with E-state index in [1.807, 2.05) is 0 Å². The van der Waals surface area contributed by atoms with Crippen molar-refractivity contribution in [2.45, 2.75) is 32.2 Å². The average Bonchev–Trinajstić information content (AvgIpc) is 3.10. The first-order valence-corrected chi connectivity index (χ1v) is 6.59. The van der Waals surface area contributed by atoms with Crippen molar-refractivity contribution in [1.29, 1.82) is 0 Å². The van der Waals surface area contributed by atoms with Crippen LogP contribution in [0.25, 0.3) is 0 Å². The van der Waals surface area contributed by atoms with Gasteiger partial charge in [-0.25, -0.2) is 0 Å². The molecule has 112 valence electrons. The maximum atomic E-state index is 12.0. The second-order valence-corrected chi connectivity index (χ2v) is 5.27. The summed E-state index contributed by atoms with van der Waals surface area (Å²) in [5.74, 6) is -0.208. The largest absolute Gasteiger partial charge is 0.573 e. The van der Waals surface area contributed by atoms with Crippen LogP contribution in [-0.4, -0.2) is 24.6 Å². The molecule has 0 bridgehead atoms. The Labute approximate surface area is 115 Å². The molecule has 1 aromatic carbocycles. The van der Waals surface area contributed by atoms with Gasteiger partial charge in [0.2, 0.25) is 0 Å². The second kappa shape index (κ2) is 6.01. The van der Waals surface area contributed by atoms with Crippen LogP contribution in [0.4, 0.5) is 13.2 Å². The van der Waals surface area contributed by atoms with Gasteiger partial charge in [0.15, 0.2) is 0 Å². The molecule has 0 saturated heterocycles. The van der Waals surface area contributed by atoms with E-state index in [-0.39, 0.29) is 17.8 Å². The van der Waals surface area contributed by atoms with Crippen molar-refractivity contribution in [2.75, 3.05) is 13.2 Å². The Bertz CT molecular complexity index is 427. The summed E-state index contributed by atoms with van der Waals surface area (Å²) in [4.78, 5) is 0. The average molecular weight is 289 g/mol. The molecule has 0 aliphatic heterocycles. The molecule has 0 spiro atoms. The van der Waals surface area contributed by atoms with Gasteiger partial charge in [0.1, 0.15) is 5.75 Å². The summed E-state index contributed by atoms with van der Waals surface area (Å²) in [6, 6.07) is 5.84. The Balaban J connectivity index is 1.76. The molecule has 1 aromatic rings. The minimum atomic E-state index is -4.65. The van der Waals surface area contributed by atoms with Crippen LogP contribution >= 0.6 is 0 Å². The first kappa shape index (κ1) is 15.1. The number of aliphatic hydroxyl groups is 1. The molecule has 0 radical (unpaired) electrons. The molecule has 1 aliphatic carbocycles. The van der Waals surface area contributed by atoms with Gasteiger partial charge in [0.05, 0.1) is 0 Å². The van der Waals surface area contributed by atoms with Crippen LogP contribution in [0.15, 0.2) is 24.3 Å². The van der Waals surface area contributed by atoms with E-state index in [4.69, 9.17) is 5.11 Å². The molecular formula is C14H18F3NO2. The van der Waals surface area contributed by atoms with Gasteiger partial charge < -0.3 is 15.2 Å². The highest BCUT2D eigenvalue weighted by atomic mass is 19.4. The summed E-state index contributed by atoms with van der Waals surface area (Å²) in [5.41, 5.74) is 1.13. The fraction of sp³-hybridized carbons (Fsp3) is 0.571. The summed E-state index contributed by atoms with van der Waals surface area (Å²) in [7, 11) is 0. The van der Waals surface area contributed by atoms with Gasteiger partial charge in [-0.1, -0.05) is 12.1 Å². The summed E-state index contributed by atoms with van der Waals surface area (Å²) in [5, 5.41) is 12.2. The van der Waals surface area contributed by atoms with Crippen molar-refractivity contribution in [3.05, 3.63) is 29.8 Å². The lowest BCUT2D eigenvalue weighted by Crippen LogP contribution is -2.24. The van der Waals surface area contributed by atoms with Gasteiger partial charge >= 0.3 is 6.36 Å². The van der Waals surface area contributed by atoms with Crippen molar-refractivity contribution >= 4 is 0 Å². The van der Waals surface area contributed by atoms with Crippen molar-refractivity contribution in [2.24, 2.45) is 5.41 Å². The maximum Gasteiger partial charge on any atom is 0.573 e. The molecule has 3 nitrogen and oxygen atoms in total. The van der Waals surface area contributed by atoms with Crippen LogP contribution in [0.1, 0.15) is 24.8 Å². The van der Waals surface area contributed by atoms with E-state index in [0.717, 1.165) is 31.4 Å². The van der Waals surface area contributed by atoms with Crippen molar-refractivity contribution in [3.63, 3.8) is 0 Å². The predicted molar refractivity (Wildman–Crippen MR) is 68.2 cm³/mol. The number of halogens is 3. The number of nitrogens with one attached hydrogen (secondary N) is 1. The smallest absolute Gasteiger partial charge is 0.406 e. The van der Waals surface area contributed by atoms with Gasteiger partial charge in [-0.15, -0.1) is 13.2 Å². The van der Waals surface area contributed by atoms with Gasteiger partial charge in [-0.05, 0) is 42.4 Å². The number of aliphatic hydroxyl groups excluding tert-OH is 1.